The minimum atomic E-state index is -0.159. The first-order chi connectivity index (χ1) is 12.5. The Labute approximate surface area is 155 Å². The SMILES string of the molecule is CC(NC(=O)NCC(c1ccco1)N(C)C)c1ccc2c(c1)CCCC2. The third-order valence-corrected chi connectivity index (χ3v) is 5.17. The van der Waals surface area contributed by atoms with Crippen LogP contribution in [0.1, 0.15) is 54.3 Å². The van der Waals surface area contributed by atoms with Gasteiger partial charge < -0.3 is 15.1 Å². The monoisotopic (exact) mass is 355 g/mol. The molecule has 2 N–H and O–H groups in total. The van der Waals surface area contributed by atoms with Crippen LogP contribution < -0.4 is 10.6 Å². The molecule has 2 unspecified atom stereocenters. The Balaban J connectivity index is 1.55. The van der Waals surface area contributed by atoms with Gasteiger partial charge in [-0.3, -0.25) is 4.90 Å². The first-order valence-corrected chi connectivity index (χ1v) is 9.40. The van der Waals surface area contributed by atoms with Crippen LogP contribution in [0.5, 0.6) is 0 Å². The average molecular weight is 355 g/mol. The van der Waals surface area contributed by atoms with E-state index in [-0.39, 0.29) is 18.1 Å². The molecule has 2 atom stereocenters. The van der Waals surface area contributed by atoms with E-state index in [0.717, 1.165) is 17.7 Å². The number of hydrogen-bond donors (Lipinski definition) is 2. The number of hydrogen-bond acceptors (Lipinski definition) is 3. The van der Waals surface area contributed by atoms with Crippen molar-refractivity contribution in [2.75, 3.05) is 20.6 Å². The standard InChI is InChI=1S/C21H29N3O2/c1-15(17-11-10-16-7-4-5-8-18(16)13-17)23-21(25)22-14-19(24(2)3)20-9-6-12-26-20/h6,9-13,15,19H,4-5,7-8,14H2,1-3H3,(H2,22,23,25). The molecule has 0 saturated carbocycles. The van der Waals surface area contributed by atoms with E-state index in [1.165, 1.54) is 30.4 Å². The quantitative estimate of drug-likeness (QED) is 0.828. The molecule has 5 nitrogen and oxygen atoms in total. The summed E-state index contributed by atoms with van der Waals surface area (Å²) in [6.07, 6.45) is 6.53. The van der Waals surface area contributed by atoms with Crippen molar-refractivity contribution in [1.82, 2.24) is 15.5 Å². The number of likely N-dealkylation sites (N-methyl/N-ethyl adjacent to an activating group) is 1. The average Bonchev–Trinajstić information content (AvgIpc) is 3.15. The Hall–Kier alpha value is -2.27. The van der Waals surface area contributed by atoms with Crippen LogP contribution in [-0.4, -0.2) is 31.6 Å². The largest absolute Gasteiger partial charge is 0.468 e. The number of benzene rings is 1. The highest BCUT2D eigenvalue weighted by Gasteiger charge is 2.19. The minimum Gasteiger partial charge on any atom is -0.468 e. The fraction of sp³-hybridized carbons (Fsp3) is 0.476. The summed E-state index contributed by atoms with van der Waals surface area (Å²) in [5, 5.41) is 6.01. The lowest BCUT2D eigenvalue weighted by Crippen LogP contribution is -2.41. The van der Waals surface area contributed by atoms with E-state index in [1.54, 1.807) is 6.26 Å². The van der Waals surface area contributed by atoms with Crippen molar-refractivity contribution in [2.24, 2.45) is 0 Å². The van der Waals surface area contributed by atoms with Crippen molar-refractivity contribution in [3.05, 3.63) is 59.0 Å². The molecule has 2 amide bonds. The van der Waals surface area contributed by atoms with E-state index in [1.807, 2.05) is 38.1 Å². The van der Waals surface area contributed by atoms with E-state index >= 15 is 0 Å². The Morgan fingerprint density at radius 3 is 2.65 bits per heavy atom. The third kappa shape index (κ3) is 4.47. The lowest BCUT2D eigenvalue weighted by atomic mass is 9.89. The van der Waals surface area contributed by atoms with Crippen molar-refractivity contribution in [3.8, 4) is 0 Å². The van der Waals surface area contributed by atoms with E-state index in [4.69, 9.17) is 4.42 Å². The summed E-state index contributed by atoms with van der Waals surface area (Å²) in [7, 11) is 3.95. The molecule has 0 aliphatic heterocycles. The first-order valence-electron chi connectivity index (χ1n) is 9.40. The molecule has 0 spiro atoms. The normalized spacial score (nSPS) is 16.0. The number of nitrogens with one attached hydrogen (secondary N) is 2. The molecule has 0 fully saturated rings. The Morgan fingerprint density at radius 2 is 1.96 bits per heavy atom. The van der Waals surface area contributed by atoms with E-state index < -0.39 is 0 Å². The summed E-state index contributed by atoms with van der Waals surface area (Å²) in [5.74, 6) is 0.845. The van der Waals surface area contributed by atoms with Crippen LogP contribution in [0.15, 0.2) is 41.0 Å². The van der Waals surface area contributed by atoms with Crippen LogP contribution in [0.25, 0.3) is 0 Å². The van der Waals surface area contributed by atoms with Crippen molar-refractivity contribution in [3.63, 3.8) is 0 Å². The summed E-state index contributed by atoms with van der Waals surface area (Å²) in [6, 6.07) is 10.2. The Kier molecular flexibility index (Phi) is 5.99. The molecule has 1 heterocycles. The van der Waals surface area contributed by atoms with E-state index in [9.17, 15) is 4.79 Å². The molecule has 0 bridgehead atoms. The maximum absolute atomic E-state index is 12.3. The second kappa shape index (κ2) is 8.41. The highest BCUT2D eigenvalue weighted by Crippen LogP contribution is 2.24. The van der Waals surface area contributed by atoms with Gasteiger partial charge in [-0.05, 0) is 75.5 Å². The molecule has 0 saturated heterocycles. The molecule has 0 radical (unpaired) electrons. The smallest absolute Gasteiger partial charge is 0.315 e. The molecule has 5 heteroatoms. The second-order valence-electron chi connectivity index (χ2n) is 7.31. The van der Waals surface area contributed by atoms with Crippen LogP contribution in [0.3, 0.4) is 0 Å². The number of carbonyl (C=O) groups is 1. The summed E-state index contributed by atoms with van der Waals surface area (Å²) >= 11 is 0. The number of carbonyl (C=O) groups excluding carboxylic acids is 1. The number of furan rings is 1. The van der Waals surface area contributed by atoms with Gasteiger partial charge in [-0.1, -0.05) is 18.2 Å². The van der Waals surface area contributed by atoms with Gasteiger partial charge in [0.1, 0.15) is 5.76 Å². The molecule has 1 aliphatic carbocycles. The molecule has 1 aliphatic rings. The number of aryl methyl sites for hydroxylation is 2. The fourth-order valence-electron chi connectivity index (χ4n) is 3.56. The van der Waals surface area contributed by atoms with Gasteiger partial charge in [0.25, 0.3) is 0 Å². The molecule has 140 valence electrons. The predicted octanol–water partition coefficient (Wildman–Crippen LogP) is 3.82. The van der Waals surface area contributed by atoms with Crippen molar-refractivity contribution < 1.29 is 9.21 Å². The number of rotatable bonds is 6. The van der Waals surface area contributed by atoms with Crippen LogP contribution in [0.2, 0.25) is 0 Å². The molecule has 1 aromatic heterocycles. The predicted molar refractivity (Wildman–Crippen MR) is 103 cm³/mol. The van der Waals surface area contributed by atoms with E-state index in [0.29, 0.717) is 6.54 Å². The molecular weight excluding hydrogens is 326 g/mol. The second-order valence-corrected chi connectivity index (χ2v) is 7.31. The Morgan fingerprint density at radius 1 is 1.19 bits per heavy atom. The van der Waals surface area contributed by atoms with Gasteiger partial charge in [0.05, 0.1) is 18.3 Å². The van der Waals surface area contributed by atoms with Gasteiger partial charge >= 0.3 is 6.03 Å². The molecule has 2 aromatic rings. The number of urea groups is 1. The lowest BCUT2D eigenvalue weighted by molar-refractivity contribution is 0.223. The summed E-state index contributed by atoms with van der Waals surface area (Å²) < 4.78 is 5.48. The fourth-order valence-corrected chi connectivity index (χ4v) is 3.56. The summed E-state index contributed by atoms with van der Waals surface area (Å²) in [6.45, 7) is 2.52. The zero-order chi connectivity index (χ0) is 18.5. The van der Waals surface area contributed by atoms with Gasteiger partial charge in [0.2, 0.25) is 0 Å². The maximum atomic E-state index is 12.3. The summed E-state index contributed by atoms with van der Waals surface area (Å²) in [5.41, 5.74) is 4.06. The van der Waals surface area contributed by atoms with Crippen LogP contribution in [-0.2, 0) is 12.8 Å². The minimum absolute atomic E-state index is 0.00907. The van der Waals surface area contributed by atoms with Gasteiger partial charge in [-0.25, -0.2) is 4.79 Å². The van der Waals surface area contributed by atoms with Gasteiger partial charge in [0, 0.05) is 6.54 Å². The highest BCUT2D eigenvalue weighted by atomic mass is 16.3. The van der Waals surface area contributed by atoms with Gasteiger partial charge in [-0.2, -0.15) is 0 Å². The topological polar surface area (TPSA) is 57.5 Å². The summed E-state index contributed by atoms with van der Waals surface area (Å²) in [4.78, 5) is 14.4. The van der Waals surface area contributed by atoms with Crippen molar-refractivity contribution in [2.45, 2.75) is 44.7 Å². The molecule has 1 aromatic carbocycles. The van der Waals surface area contributed by atoms with Crippen LogP contribution in [0.4, 0.5) is 4.79 Å². The van der Waals surface area contributed by atoms with Crippen molar-refractivity contribution in [1.29, 1.82) is 0 Å². The lowest BCUT2D eigenvalue weighted by Gasteiger charge is -2.24. The molecule has 3 rings (SSSR count). The van der Waals surface area contributed by atoms with Crippen molar-refractivity contribution >= 4 is 6.03 Å². The number of amides is 2. The van der Waals surface area contributed by atoms with E-state index in [2.05, 4.69) is 28.8 Å². The van der Waals surface area contributed by atoms with Crippen LogP contribution in [0, 0.1) is 0 Å². The maximum Gasteiger partial charge on any atom is 0.315 e. The van der Waals surface area contributed by atoms with Gasteiger partial charge in [0.15, 0.2) is 0 Å². The highest BCUT2D eigenvalue weighted by molar-refractivity contribution is 5.74. The molecule has 26 heavy (non-hydrogen) atoms. The zero-order valence-electron chi connectivity index (χ0n) is 15.9. The van der Waals surface area contributed by atoms with Crippen LogP contribution >= 0.6 is 0 Å². The first kappa shape index (κ1) is 18.5. The molecular formula is C21H29N3O2. The number of fused-ring (bicyclic) bond motifs is 1. The Bertz CT molecular complexity index is 725. The third-order valence-electron chi connectivity index (χ3n) is 5.17. The number of nitrogens with zero attached hydrogens (tertiary/aromatic N) is 1. The van der Waals surface area contributed by atoms with Gasteiger partial charge in [-0.15, -0.1) is 0 Å². The zero-order valence-corrected chi connectivity index (χ0v) is 15.9.